The van der Waals surface area contributed by atoms with Crippen LogP contribution in [0.4, 0.5) is 0 Å². The van der Waals surface area contributed by atoms with E-state index in [0.717, 1.165) is 23.2 Å². The number of carbonyl (C=O) groups is 1. The molecule has 0 fully saturated rings. The van der Waals surface area contributed by atoms with Crippen LogP contribution in [-0.4, -0.2) is 16.5 Å². The van der Waals surface area contributed by atoms with Crippen molar-refractivity contribution in [3.63, 3.8) is 0 Å². The molecule has 0 aromatic rings. The highest BCUT2D eigenvalue weighted by atomic mass is 127. The van der Waals surface area contributed by atoms with E-state index in [2.05, 4.69) is 36.4 Å². The highest BCUT2D eigenvalue weighted by molar-refractivity contribution is 14.1. The molecule has 0 saturated heterocycles. The molecule has 0 aromatic carbocycles. The molecule has 0 aliphatic carbocycles. The third-order valence-electron chi connectivity index (χ3n) is 2.53. The molecule has 0 heterocycles. The molecule has 96 valence electrons. The second-order valence-electron chi connectivity index (χ2n) is 4.21. The molecule has 0 rings (SSSR count). The Kier molecular flexibility index (Phi) is 11.8. The first-order valence-corrected chi connectivity index (χ1v) is 7.75. The van der Waals surface area contributed by atoms with Gasteiger partial charge in [-0.05, 0) is 25.7 Å². The van der Waals surface area contributed by atoms with Crippen molar-refractivity contribution in [2.45, 2.75) is 69.1 Å². The van der Waals surface area contributed by atoms with Gasteiger partial charge in [-0.3, -0.25) is 4.79 Å². The van der Waals surface area contributed by atoms with Gasteiger partial charge in [0.05, 0.1) is 6.61 Å². The molecule has 0 radical (unpaired) electrons. The summed E-state index contributed by atoms with van der Waals surface area (Å²) in [7, 11) is 0. The van der Waals surface area contributed by atoms with Crippen molar-refractivity contribution < 1.29 is 9.53 Å². The van der Waals surface area contributed by atoms with E-state index < -0.39 is 0 Å². The molecule has 0 aromatic heterocycles. The number of hydrogen-bond donors (Lipinski definition) is 0. The van der Waals surface area contributed by atoms with Crippen LogP contribution in [0.3, 0.4) is 0 Å². The molecule has 0 amide bonds. The summed E-state index contributed by atoms with van der Waals surface area (Å²) in [5, 5.41) is 0. The van der Waals surface area contributed by atoms with Crippen LogP contribution in [0, 0.1) is 0 Å². The molecule has 0 N–H and O–H groups in total. The largest absolute Gasteiger partial charge is 0.466 e. The minimum atomic E-state index is -0.0274. The van der Waals surface area contributed by atoms with Crippen LogP contribution in [-0.2, 0) is 9.53 Å². The van der Waals surface area contributed by atoms with E-state index in [9.17, 15) is 4.79 Å². The van der Waals surface area contributed by atoms with E-state index in [1.807, 2.05) is 0 Å². The van der Waals surface area contributed by atoms with Crippen molar-refractivity contribution in [1.82, 2.24) is 0 Å². The zero-order chi connectivity index (χ0) is 12.2. The van der Waals surface area contributed by atoms with Gasteiger partial charge in [0.25, 0.3) is 0 Å². The normalized spacial score (nSPS) is 12.4. The van der Waals surface area contributed by atoms with E-state index in [4.69, 9.17) is 4.74 Å². The van der Waals surface area contributed by atoms with Gasteiger partial charge in [-0.25, -0.2) is 0 Å². The van der Waals surface area contributed by atoms with Crippen molar-refractivity contribution in [3.05, 3.63) is 0 Å². The summed E-state index contributed by atoms with van der Waals surface area (Å²) in [6.07, 6.45) is 8.64. The van der Waals surface area contributed by atoms with E-state index >= 15 is 0 Å². The summed E-state index contributed by atoms with van der Waals surface area (Å²) in [5.74, 6) is -0.0274. The fraction of sp³-hybridized carbons (Fsp3) is 0.923. The lowest BCUT2D eigenvalue weighted by molar-refractivity contribution is -0.143. The quantitative estimate of drug-likeness (QED) is 0.253. The van der Waals surface area contributed by atoms with Crippen LogP contribution in [0.25, 0.3) is 0 Å². The number of alkyl halides is 1. The van der Waals surface area contributed by atoms with E-state index in [0.29, 0.717) is 13.0 Å². The molecule has 0 spiro atoms. The first kappa shape index (κ1) is 16.2. The fourth-order valence-electron chi connectivity index (χ4n) is 1.45. The first-order chi connectivity index (χ1) is 7.70. The molecule has 16 heavy (non-hydrogen) atoms. The highest BCUT2D eigenvalue weighted by Crippen LogP contribution is 2.16. The number of esters is 1. The average molecular weight is 340 g/mol. The lowest BCUT2D eigenvalue weighted by atomic mass is 10.1. The summed E-state index contributed by atoms with van der Waals surface area (Å²) >= 11 is 2.50. The average Bonchev–Trinajstić information content (AvgIpc) is 2.29. The van der Waals surface area contributed by atoms with Crippen molar-refractivity contribution in [2.24, 2.45) is 0 Å². The maximum Gasteiger partial charge on any atom is 0.305 e. The molecular weight excluding hydrogens is 315 g/mol. The summed E-state index contributed by atoms with van der Waals surface area (Å²) in [5.41, 5.74) is 0. The van der Waals surface area contributed by atoms with Crippen molar-refractivity contribution in [2.75, 3.05) is 6.61 Å². The van der Waals surface area contributed by atoms with Gasteiger partial charge in [0.15, 0.2) is 0 Å². The van der Waals surface area contributed by atoms with Crippen LogP contribution in [0.2, 0.25) is 0 Å². The molecule has 0 aliphatic heterocycles. The molecule has 2 nitrogen and oxygen atoms in total. The van der Waals surface area contributed by atoms with Crippen LogP contribution in [0.1, 0.15) is 65.2 Å². The van der Waals surface area contributed by atoms with Gasteiger partial charge in [-0.15, -0.1) is 0 Å². The second-order valence-corrected chi connectivity index (χ2v) is 5.97. The number of carbonyl (C=O) groups excluding carboxylic acids is 1. The second kappa shape index (κ2) is 11.7. The van der Waals surface area contributed by atoms with Crippen LogP contribution in [0.5, 0.6) is 0 Å². The molecule has 0 saturated carbocycles. The number of unbranched alkanes of at least 4 members (excludes halogenated alkanes) is 2. The third kappa shape index (κ3) is 10.7. The van der Waals surface area contributed by atoms with Gasteiger partial charge in [0, 0.05) is 10.3 Å². The number of rotatable bonds is 10. The highest BCUT2D eigenvalue weighted by Gasteiger charge is 2.05. The third-order valence-corrected chi connectivity index (χ3v) is 3.78. The Bertz CT molecular complexity index is 171. The maximum atomic E-state index is 11.2. The van der Waals surface area contributed by atoms with E-state index in [1.165, 1.54) is 25.7 Å². The number of hydrogen-bond acceptors (Lipinski definition) is 2. The molecule has 0 aliphatic rings. The zero-order valence-corrected chi connectivity index (χ0v) is 12.8. The van der Waals surface area contributed by atoms with E-state index in [-0.39, 0.29) is 5.97 Å². The Balaban J connectivity index is 3.28. The van der Waals surface area contributed by atoms with Gasteiger partial charge < -0.3 is 4.74 Å². The van der Waals surface area contributed by atoms with Crippen molar-refractivity contribution in [3.8, 4) is 0 Å². The van der Waals surface area contributed by atoms with Crippen LogP contribution >= 0.6 is 22.6 Å². The number of halogens is 1. The lowest BCUT2D eigenvalue weighted by Gasteiger charge is -2.09. The topological polar surface area (TPSA) is 26.3 Å². The van der Waals surface area contributed by atoms with Gasteiger partial charge >= 0.3 is 5.97 Å². The summed E-state index contributed by atoms with van der Waals surface area (Å²) < 4.78 is 5.90. The summed E-state index contributed by atoms with van der Waals surface area (Å²) in [4.78, 5) is 11.2. The standard InChI is InChI=1S/C13H25IO2/c1-3-5-8-12(14)9-7-11-16-13(15)10-6-4-2/h12H,3-11H2,1-2H3. The van der Waals surface area contributed by atoms with Gasteiger partial charge in [-0.1, -0.05) is 55.7 Å². The van der Waals surface area contributed by atoms with Crippen LogP contribution in [0.15, 0.2) is 0 Å². The number of ether oxygens (including phenoxy) is 1. The molecular formula is C13H25IO2. The Morgan fingerprint density at radius 3 is 2.38 bits per heavy atom. The first-order valence-electron chi connectivity index (χ1n) is 6.50. The van der Waals surface area contributed by atoms with Gasteiger partial charge in [-0.2, -0.15) is 0 Å². The van der Waals surface area contributed by atoms with Crippen molar-refractivity contribution in [1.29, 1.82) is 0 Å². The Labute approximate surface area is 114 Å². The molecule has 0 bridgehead atoms. The molecule has 3 heteroatoms. The smallest absolute Gasteiger partial charge is 0.305 e. The van der Waals surface area contributed by atoms with Gasteiger partial charge in [0.2, 0.25) is 0 Å². The van der Waals surface area contributed by atoms with E-state index in [1.54, 1.807) is 0 Å². The zero-order valence-electron chi connectivity index (χ0n) is 10.6. The fourth-order valence-corrected chi connectivity index (χ4v) is 2.33. The summed E-state index contributed by atoms with van der Waals surface area (Å²) in [6, 6.07) is 0. The Morgan fingerprint density at radius 2 is 1.75 bits per heavy atom. The Morgan fingerprint density at radius 1 is 1.12 bits per heavy atom. The maximum absolute atomic E-state index is 11.2. The predicted octanol–water partition coefficient (Wildman–Crippen LogP) is 4.49. The SMILES string of the molecule is CCCCC(=O)OCCCC(I)CCCC. The van der Waals surface area contributed by atoms with Crippen LogP contribution < -0.4 is 0 Å². The summed E-state index contributed by atoms with van der Waals surface area (Å²) in [6.45, 7) is 4.91. The minimum absolute atomic E-state index is 0.0274. The molecule has 1 atom stereocenters. The lowest BCUT2D eigenvalue weighted by Crippen LogP contribution is -2.07. The predicted molar refractivity (Wildman–Crippen MR) is 77.1 cm³/mol. The monoisotopic (exact) mass is 340 g/mol. The van der Waals surface area contributed by atoms with Gasteiger partial charge in [0.1, 0.15) is 0 Å². The molecule has 1 unspecified atom stereocenters. The van der Waals surface area contributed by atoms with Crippen molar-refractivity contribution >= 4 is 28.6 Å². The Hall–Kier alpha value is 0.200. The minimum Gasteiger partial charge on any atom is -0.466 e.